The third-order valence-electron chi connectivity index (χ3n) is 2.18. The third-order valence-corrected chi connectivity index (χ3v) is 3.39. The van der Waals surface area contributed by atoms with Crippen molar-refractivity contribution in [1.29, 1.82) is 0 Å². The van der Waals surface area contributed by atoms with Crippen LogP contribution < -0.4 is 0 Å². The Morgan fingerprint density at radius 3 is 2.41 bits per heavy atom. The van der Waals surface area contributed by atoms with Gasteiger partial charge >= 0.3 is 0 Å². The number of benzene rings is 1. The molecule has 2 nitrogen and oxygen atoms in total. The number of rotatable bonds is 3. The number of carbonyl (C=O) groups excluding carboxylic acids is 1. The first kappa shape index (κ1) is 12.1. The first-order valence-corrected chi connectivity index (χ1v) is 6.25. The molecule has 1 aromatic carbocycles. The molecule has 0 bridgehead atoms. The summed E-state index contributed by atoms with van der Waals surface area (Å²) in [6.45, 7) is 1.53. The fourth-order valence-corrected chi connectivity index (χ4v) is 2.15. The van der Waals surface area contributed by atoms with E-state index in [9.17, 15) is 4.79 Å². The number of aromatic nitrogens is 1. The number of hydrogen-bond donors (Lipinski definition) is 0. The number of ketones is 1. The van der Waals surface area contributed by atoms with Gasteiger partial charge in [-0.2, -0.15) is 0 Å². The van der Waals surface area contributed by atoms with Crippen LogP contribution in [-0.4, -0.2) is 10.8 Å². The van der Waals surface area contributed by atoms with Gasteiger partial charge in [-0.25, -0.2) is 4.98 Å². The van der Waals surface area contributed by atoms with Crippen molar-refractivity contribution in [3.8, 4) is 0 Å². The fourth-order valence-electron chi connectivity index (χ4n) is 1.27. The molecule has 2 aromatic rings. The molecule has 4 heteroatoms. The Morgan fingerprint density at radius 1 is 1.18 bits per heavy atom. The summed E-state index contributed by atoms with van der Waals surface area (Å²) < 4.78 is 0. The molecule has 0 saturated heterocycles. The van der Waals surface area contributed by atoms with Crippen LogP contribution in [0.5, 0.6) is 0 Å². The summed E-state index contributed by atoms with van der Waals surface area (Å²) in [5.74, 6) is 0.0283. The molecule has 1 heterocycles. The highest BCUT2D eigenvalue weighted by Crippen LogP contribution is 2.26. The van der Waals surface area contributed by atoms with Crippen LogP contribution in [0.25, 0.3) is 0 Å². The van der Waals surface area contributed by atoms with E-state index in [0.29, 0.717) is 10.6 Å². The van der Waals surface area contributed by atoms with Gasteiger partial charge in [0.2, 0.25) is 0 Å². The number of Topliss-reactive ketones (excluding diaryl/α,β-unsaturated/α-hetero) is 1. The van der Waals surface area contributed by atoms with E-state index in [2.05, 4.69) is 4.98 Å². The zero-order chi connectivity index (χ0) is 12.3. The molecule has 86 valence electrons. The number of pyridine rings is 1. The van der Waals surface area contributed by atoms with Crippen LogP contribution in [0.4, 0.5) is 0 Å². The summed E-state index contributed by atoms with van der Waals surface area (Å²) in [5, 5.41) is 1.58. The van der Waals surface area contributed by atoms with Crippen LogP contribution in [0.2, 0.25) is 5.02 Å². The van der Waals surface area contributed by atoms with Crippen LogP contribution in [0.3, 0.4) is 0 Å². The van der Waals surface area contributed by atoms with Crippen LogP contribution in [-0.2, 0) is 0 Å². The zero-order valence-corrected chi connectivity index (χ0v) is 10.8. The minimum absolute atomic E-state index is 0.0283. The highest BCUT2D eigenvalue weighted by atomic mass is 35.5. The molecule has 0 unspecified atom stereocenters. The molecule has 0 aliphatic rings. The highest BCUT2D eigenvalue weighted by Gasteiger charge is 2.02. The summed E-state index contributed by atoms with van der Waals surface area (Å²) in [6.07, 6.45) is 1.60. The molecule has 0 aliphatic heterocycles. The Morgan fingerprint density at radius 2 is 1.88 bits per heavy atom. The number of hydrogen-bond acceptors (Lipinski definition) is 3. The maximum absolute atomic E-state index is 11.1. The molecule has 0 aliphatic carbocycles. The van der Waals surface area contributed by atoms with E-state index in [1.165, 1.54) is 18.7 Å². The van der Waals surface area contributed by atoms with Crippen molar-refractivity contribution < 1.29 is 4.79 Å². The molecule has 2 rings (SSSR count). The lowest BCUT2D eigenvalue weighted by atomic mass is 10.2. The van der Waals surface area contributed by atoms with Crippen LogP contribution in [0.15, 0.2) is 52.5 Å². The van der Waals surface area contributed by atoms with E-state index >= 15 is 0 Å². The van der Waals surface area contributed by atoms with Crippen molar-refractivity contribution in [2.45, 2.75) is 16.8 Å². The largest absolute Gasteiger partial charge is 0.294 e. The molecule has 0 saturated carbocycles. The van der Waals surface area contributed by atoms with E-state index < -0.39 is 0 Å². The second-order valence-corrected chi connectivity index (χ2v) is 5.03. The van der Waals surface area contributed by atoms with Crippen molar-refractivity contribution in [1.82, 2.24) is 4.98 Å². The first-order valence-electron chi connectivity index (χ1n) is 5.05. The molecule has 0 amide bonds. The average Bonchev–Trinajstić information content (AvgIpc) is 2.33. The third kappa shape index (κ3) is 3.32. The molecular formula is C13H10ClNOS. The lowest BCUT2D eigenvalue weighted by molar-refractivity contribution is 0.101. The molecule has 0 atom stereocenters. The Labute approximate surface area is 109 Å². The lowest BCUT2D eigenvalue weighted by Gasteiger charge is -2.01. The van der Waals surface area contributed by atoms with E-state index in [4.69, 9.17) is 11.6 Å². The van der Waals surface area contributed by atoms with Gasteiger partial charge < -0.3 is 0 Å². The van der Waals surface area contributed by atoms with Gasteiger partial charge in [-0.3, -0.25) is 4.79 Å². The zero-order valence-electron chi connectivity index (χ0n) is 9.18. The lowest BCUT2D eigenvalue weighted by Crippen LogP contribution is -1.92. The SMILES string of the molecule is CC(=O)c1ccc(Sc2ccc(Cl)cc2)nc1. The summed E-state index contributed by atoms with van der Waals surface area (Å²) in [7, 11) is 0. The van der Waals surface area contributed by atoms with Crippen molar-refractivity contribution in [3.05, 3.63) is 53.2 Å². The number of halogens is 1. The average molecular weight is 264 g/mol. The fraction of sp³-hybridized carbons (Fsp3) is 0.0769. The maximum atomic E-state index is 11.1. The minimum Gasteiger partial charge on any atom is -0.294 e. The molecule has 0 N–H and O–H groups in total. The van der Waals surface area contributed by atoms with Crippen LogP contribution in [0.1, 0.15) is 17.3 Å². The van der Waals surface area contributed by atoms with Gasteiger partial charge in [0.25, 0.3) is 0 Å². The van der Waals surface area contributed by atoms with Gasteiger partial charge in [0.15, 0.2) is 5.78 Å². The number of carbonyl (C=O) groups is 1. The van der Waals surface area contributed by atoms with Crippen molar-refractivity contribution >= 4 is 29.1 Å². The molecule has 0 radical (unpaired) electrons. The minimum atomic E-state index is 0.0283. The molecule has 1 aromatic heterocycles. The van der Waals surface area contributed by atoms with Crippen molar-refractivity contribution in [2.75, 3.05) is 0 Å². The van der Waals surface area contributed by atoms with Crippen molar-refractivity contribution in [2.24, 2.45) is 0 Å². The predicted octanol–water partition coefficient (Wildman–Crippen LogP) is 4.09. The standard InChI is InChI=1S/C13H10ClNOS/c1-9(16)10-2-7-13(15-8-10)17-12-5-3-11(14)4-6-12/h2-8H,1H3. The Balaban J connectivity index is 2.13. The summed E-state index contributed by atoms with van der Waals surface area (Å²) >= 11 is 7.34. The molecular weight excluding hydrogens is 254 g/mol. The van der Waals surface area contributed by atoms with Gasteiger partial charge in [-0.05, 0) is 43.3 Å². The maximum Gasteiger partial charge on any atom is 0.161 e. The summed E-state index contributed by atoms with van der Waals surface area (Å²) in [6, 6.07) is 11.2. The Bertz CT molecular complexity index is 522. The monoisotopic (exact) mass is 263 g/mol. The van der Waals surface area contributed by atoms with E-state index in [-0.39, 0.29) is 5.78 Å². The van der Waals surface area contributed by atoms with Crippen molar-refractivity contribution in [3.63, 3.8) is 0 Å². The van der Waals surface area contributed by atoms with Gasteiger partial charge in [0, 0.05) is 21.7 Å². The Hall–Kier alpha value is -1.32. The second kappa shape index (κ2) is 5.34. The quantitative estimate of drug-likeness (QED) is 0.782. The van der Waals surface area contributed by atoms with Gasteiger partial charge in [-0.1, -0.05) is 23.4 Å². The molecule has 17 heavy (non-hydrogen) atoms. The summed E-state index contributed by atoms with van der Waals surface area (Å²) in [4.78, 5) is 16.4. The topological polar surface area (TPSA) is 30.0 Å². The van der Waals surface area contributed by atoms with Gasteiger partial charge in [0.1, 0.15) is 5.03 Å². The van der Waals surface area contributed by atoms with Gasteiger partial charge in [0.05, 0.1) is 0 Å². The van der Waals surface area contributed by atoms with Crippen LogP contribution in [0, 0.1) is 0 Å². The van der Waals surface area contributed by atoms with E-state index in [1.807, 2.05) is 30.3 Å². The van der Waals surface area contributed by atoms with E-state index in [0.717, 1.165) is 9.92 Å². The predicted molar refractivity (Wildman–Crippen MR) is 69.8 cm³/mol. The van der Waals surface area contributed by atoms with Crippen LogP contribution >= 0.6 is 23.4 Å². The second-order valence-electron chi connectivity index (χ2n) is 3.50. The van der Waals surface area contributed by atoms with Gasteiger partial charge in [-0.15, -0.1) is 0 Å². The summed E-state index contributed by atoms with van der Waals surface area (Å²) in [5.41, 5.74) is 0.630. The highest BCUT2D eigenvalue weighted by molar-refractivity contribution is 7.99. The first-order chi connectivity index (χ1) is 8.15. The Kier molecular flexibility index (Phi) is 3.82. The van der Waals surface area contributed by atoms with E-state index in [1.54, 1.807) is 12.3 Å². The molecule has 0 fully saturated rings. The smallest absolute Gasteiger partial charge is 0.161 e. The number of nitrogens with zero attached hydrogens (tertiary/aromatic N) is 1. The normalized spacial score (nSPS) is 10.2. The molecule has 0 spiro atoms.